The molecule has 1 aliphatic rings. The summed E-state index contributed by atoms with van der Waals surface area (Å²) >= 11 is 5.77. The monoisotopic (exact) mass is 378 g/mol. The van der Waals surface area contributed by atoms with Gasteiger partial charge >= 0.3 is 0 Å². The van der Waals surface area contributed by atoms with Gasteiger partial charge in [0.15, 0.2) is 5.11 Å². The maximum absolute atomic E-state index is 5.77. The van der Waals surface area contributed by atoms with Crippen LogP contribution in [0, 0.1) is 0 Å². The highest BCUT2D eigenvalue weighted by atomic mass is 32.1. The second-order valence-corrected chi connectivity index (χ2v) is 8.32. The Morgan fingerprint density at radius 1 is 1.19 bits per heavy atom. The first-order valence-corrected chi connectivity index (χ1v) is 10.3. The van der Waals surface area contributed by atoms with Gasteiger partial charge in [0.05, 0.1) is 25.7 Å². The minimum atomic E-state index is 0.502. The lowest BCUT2D eigenvalue weighted by Crippen LogP contribution is -3.16. The van der Waals surface area contributed by atoms with E-state index in [1.807, 2.05) is 0 Å². The highest BCUT2D eigenvalue weighted by Crippen LogP contribution is 2.19. The van der Waals surface area contributed by atoms with Crippen LogP contribution in [0.4, 0.5) is 5.69 Å². The molecule has 0 aliphatic carbocycles. The zero-order valence-corrected chi connectivity index (χ0v) is 17.9. The van der Waals surface area contributed by atoms with Crippen molar-refractivity contribution in [3.8, 4) is 0 Å². The lowest BCUT2D eigenvalue weighted by Gasteiger charge is -2.39. The smallest absolute Gasteiger partial charge is 0.173 e. The Kier molecular flexibility index (Phi) is 8.32. The highest BCUT2D eigenvalue weighted by Gasteiger charge is 2.29. The fourth-order valence-corrected chi connectivity index (χ4v) is 4.01. The van der Waals surface area contributed by atoms with Crippen LogP contribution in [0.15, 0.2) is 24.3 Å². The van der Waals surface area contributed by atoms with Crippen molar-refractivity contribution in [2.24, 2.45) is 0 Å². The minimum absolute atomic E-state index is 0.502. The zero-order valence-electron chi connectivity index (χ0n) is 17.0. The van der Waals surface area contributed by atoms with Crippen molar-refractivity contribution in [2.75, 3.05) is 38.7 Å². The summed E-state index contributed by atoms with van der Waals surface area (Å²) in [6.45, 7) is 13.0. The number of nitrogens with zero attached hydrogens (tertiary/aromatic N) is 1. The Hall–Kier alpha value is -1.17. The summed E-state index contributed by atoms with van der Waals surface area (Å²) in [6.07, 6.45) is 2.37. The van der Waals surface area contributed by atoms with E-state index in [0.717, 1.165) is 17.3 Å². The van der Waals surface area contributed by atoms with E-state index in [0.29, 0.717) is 24.6 Å². The number of rotatable bonds is 7. The van der Waals surface area contributed by atoms with Crippen LogP contribution in [-0.4, -0.2) is 55.4 Å². The molecule has 1 saturated heterocycles. The van der Waals surface area contributed by atoms with Crippen LogP contribution in [0.2, 0.25) is 0 Å². The average Bonchev–Trinajstić information content (AvgIpc) is 2.63. The first kappa shape index (κ1) is 21.1. The van der Waals surface area contributed by atoms with Gasteiger partial charge in [-0.3, -0.25) is 0 Å². The van der Waals surface area contributed by atoms with Gasteiger partial charge in [-0.1, -0.05) is 26.0 Å². The lowest BCUT2D eigenvalue weighted by atomic mass is 10.0. The maximum atomic E-state index is 5.77. The quantitative estimate of drug-likeness (QED) is 0.714. The molecule has 2 N–H and O–H groups in total. The van der Waals surface area contributed by atoms with E-state index in [-0.39, 0.29) is 0 Å². The van der Waals surface area contributed by atoms with Gasteiger partial charge in [-0.25, -0.2) is 0 Å². The summed E-state index contributed by atoms with van der Waals surface area (Å²) in [5.41, 5.74) is 2.41. The van der Waals surface area contributed by atoms with Crippen molar-refractivity contribution in [3.63, 3.8) is 0 Å². The molecule has 1 aromatic rings. The van der Waals surface area contributed by atoms with Gasteiger partial charge in [0.1, 0.15) is 0 Å². The second-order valence-electron chi connectivity index (χ2n) is 7.94. The van der Waals surface area contributed by atoms with E-state index in [1.165, 1.54) is 31.5 Å². The summed E-state index contributed by atoms with van der Waals surface area (Å²) in [6, 6.07) is 9.82. The van der Waals surface area contributed by atoms with Crippen molar-refractivity contribution >= 4 is 23.0 Å². The summed E-state index contributed by atoms with van der Waals surface area (Å²) < 4.78 is 5.33. The maximum Gasteiger partial charge on any atom is 0.173 e. The Bertz CT molecular complexity index is 551. The molecular weight excluding hydrogens is 342 g/mol. The van der Waals surface area contributed by atoms with Crippen LogP contribution in [-0.2, 0) is 4.74 Å². The molecule has 0 spiro atoms. The number of hydrogen-bond acceptors (Lipinski definition) is 2. The van der Waals surface area contributed by atoms with Crippen molar-refractivity contribution in [1.82, 2.24) is 4.90 Å². The standard InChI is InChI=1S/C21H35N3OS/c1-16(2)18-6-8-19(9-7-18)22-21(26)24(14-15-25-5)20-10-12-23(13-11-20)17(3)4/h6-9,16-17,20H,10-15H2,1-5H3,(H,22,26)/p+1. The number of piperidine rings is 1. The van der Waals surface area contributed by atoms with Crippen molar-refractivity contribution in [2.45, 2.75) is 58.5 Å². The first-order chi connectivity index (χ1) is 12.4. The summed E-state index contributed by atoms with van der Waals surface area (Å²) in [5.74, 6) is 0.544. The SMILES string of the molecule is COCCN(C(=S)Nc1ccc(C(C)C)cc1)C1CC[NH+](C(C)C)CC1. The second kappa shape index (κ2) is 10.2. The molecule has 4 nitrogen and oxygen atoms in total. The summed E-state index contributed by atoms with van der Waals surface area (Å²) in [5, 5.41) is 4.26. The van der Waals surface area contributed by atoms with E-state index >= 15 is 0 Å². The van der Waals surface area contributed by atoms with Crippen LogP contribution < -0.4 is 10.2 Å². The van der Waals surface area contributed by atoms with E-state index < -0.39 is 0 Å². The summed E-state index contributed by atoms with van der Waals surface area (Å²) in [7, 11) is 1.75. The molecule has 0 bridgehead atoms. The van der Waals surface area contributed by atoms with Gasteiger partial charge in [-0.15, -0.1) is 0 Å². The third-order valence-corrected chi connectivity index (χ3v) is 5.82. The molecule has 1 aromatic carbocycles. The number of benzene rings is 1. The molecule has 26 heavy (non-hydrogen) atoms. The first-order valence-electron chi connectivity index (χ1n) is 9.93. The van der Waals surface area contributed by atoms with Crippen LogP contribution in [0.5, 0.6) is 0 Å². The van der Waals surface area contributed by atoms with Gasteiger partial charge in [-0.2, -0.15) is 0 Å². The molecule has 2 rings (SSSR count). The Labute approximate surface area is 164 Å². The Balaban J connectivity index is 2.00. The number of nitrogens with one attached hydrogen (secondary N) is 2. The minimum Gasteiger partial charge on any atom is -0.383 e. The largest absolute Gasteiger partial charge is 0.383 e. The number of quaternary nitrogens is 1. The number of likely N-dealkylation sites (tertiary alicyclic amines) is 1. The molecule has 1 fully saturated rings. The molecular formula is C21H36N3OS+. The van der Waals surface area contributed by atoms with Gasteiger partial charge in [0.25, 0.3) is 0 Å². The topological polar surface area (TPSA) is 28.9 Å². The molecule has 0 aromatic heterocycles. The normalized spacial score (nSPS) is 20.4. The number of methoxy groups -OCH3 is 1. The molecule has 1 aliphatic heterocycles. The van der Waals surface area contributed by atoms with E-state index in [9.17, 15) is 0 Å². The van der Waals surface area contributed by atoms with Crippen LogP contribution in [0.25, 0.3) is 0 Å². The average molecular weight is 379 g/mol. The van der Waals surface area contributed by atoms with E-state index in [2.05, 4.69) is 62.2 Å². The Morgan fingerprint density at radius 3 is 2.31 bits per heavy atom. The number of ether oxygens (including phenoxy) is 1. The number of thiocarbonyl (C=S) groups is 1. The molecule has 0 saturated carbocycles. The van der Waals surface area contributed by atoms with Crippen LogP contribution in [0.1, 0.15) is 52.0 Å². The molecule has 0 unspecified atom stereocenters. The third kappa shape index (κ3) is 5.93. The van der Waals surface area contributed by atoms with Gasteiger partial charge in [0.2, 0.25) is 0 Å². The van der Waals surface area contributed by atoms with Crippen molar-refractivity contribution in [1.29, 1.82) is 0 Å². The van der Waals surface area contributed by atoms with E-state index in [1.54, 1.807) is 12.0 Å². The predicted molar refractivity (Wildman–Crippen MR) is 114 cm³/mol. The predicted octanol–water partition coefficient (Wildman–Crippen LogP) is 2.91. The molecule has 0 amide bonds. The van der Waals surface area contributed by atoms with Gasteiger partial charge in [-0.05, 0) is 49.7 Å². The molecule has 146 valence electrons. The van der Waals surface area contributed by atoms with Crippen molar-refractivity contribution in [3.05, 3.63) is 29.8 Å². The zero-order chi connectivity index (χ0) is 19.1. The number of anilines is 1. The Morgan fingerprint density at radius 2 is 1.81 bits per heavy atom. The van der Waals surface area contributed by atoms with Crippen molar-refractivity contribution < 1.29 is 9.64 Å². The van der Waals surface area contributed by atoms with Crippen LogP contribution >= 0.6 is 12.2 Å². The lowest BCUT2D eigenvalue weighted by molar-refractivity contribution is -0.926. The molecule has 0 atom stereocenters. The highest BCUT2D eigenvalue weighted by molar-refractivity contribution is 7.80. The summed E-state index contributed by atoms with van der Waals surface area (Å²) in [4.78, 5) is 4.04. The molecule has 5 heteroatoms. The number of hydrogen-bond donors (Lipinski definition) is 2. The van der Waals surface area contributed by atoms with Gasteiger partial charge < -0.3 is 19.9 Å². The fourth-order valence-electron chi connectivity index (χ4n) is 3.65. The van der Waals surface area contributed by atoms with E-state index in [4.69, 9.17) is 17.0 Å². The van der Waals surface area contributed by atoms with Crippen LogP contribution in [0.3, 0.4) is 0 Å². The fraction of sp³-hybridized carbons (Fsp3) is 0.667. The molecule has 0 radical (unpaired) electrons. The van der Waals surface area contributed by atoms with Gasteiger partial charge in [0, 0.05) is 38.2 Å². The third-order valence-electron chi connectivity index (χ3n) is 5.48. The molecule has 1 heterocycles.